The van der Waals surface area contributed by atoms with Gasteiger partial charge in [0.05, 0.1) is 0 Å². The zero-order valence-electron chi connectivity index (χ0n) is 15.7. The van der Waals surface area contributed by atoms with Crippen LogP contribution in [0.25, 0.3) is 11.1 Å². The van der Waals surface area contributed by atoms with Gasteiger partial charge >= 0.3 is 5.97 Å². The minimum Gasteiger partial charge on any atom is -0.459 e. The summed E-state index contributed by atoms with van der Waals surface area (Å²) in [4.78, 5) is 12.0. The van der Waals surface area contributed by atoms with Crippen molar-refractivity contribution >= 4 is 5.97 Å². The summed E-state index contributed by atoms with van der Waals surface area (Å²) in [6.07, 6.45) is 1.67. The fourth-order valence-corrected chi connectivity index (χ4v) is 2.56. The lowest BCUT2D eigenvalue weighted by molar-refractivity contribution is -0.151. The number of hydrogen-bond acceptors (Lipinski definition) is 3. The van der Waals surface area contributed by atoms with Crippen LogP contribution < -0.4 is 5.73 Å². The number of nitrogens with two attached hydrogens (primary N) is 1. The first kappa shape index (κ1) is 19.2. The van der Waals surface area contributed by atoms with Crippen molar-refractivity contribution in [2.24, 2.45) is 5.73 Å². The summed E-state index contributed by atoms with van der Waals surface area (Å²) < 4.78 is 5.39. The molecule has 0 saturated heterocycles. The van der Waals surface area contributed by atoms with E-state index >= 15 is 0 Å². The summed E-state index contributed by atoms with van der Waals surface area (Å²) >= 11 is 0. The van der Waals surface area contributed by atoms with Gasteiger partial charge in [-0.15, -0.1) is 0 Å². The highest BCUT2D eigenvalue weighted by molar-refractivity contribution is 5.79. The first-order chi connectivity index (χ1) is 11.9. The molecular formula is C22H29NO2. The molecule has 0 aliphatic heterocycles. The molecule has 2 atom stereocenters. The fraction of sp³-hybridized carbons (Fsp3) is 0.409. The summed E-state index contributed by atoms with van der Waals surface area (Å²) in [5.74, 6) is 0.180. The molecule has 0 fully saturated rings. The van der Waals surface area contributed by atoms with Gasteiger partial charge in [0.15, 0.2) is 0 Å². The fourth-order valence-electron chi connectivity index (χ4n) is 2.56. The van der Waals surface area contributed by atoms with Gasteiger partial charge in [0.25, 0.3) is 0 Å². The van der Waals surface area contributed by atoms with Gasteiger partial charge < -0.3 is 10.5 Å². The van der Waals surface area contributed by atoms with Crippen LogP contribution in [0, 0.1) is 0 Å². The minimum absolute atomic E-state index is 0.241. The second-order valence-corrected chi connectivity index (χ2v) is 6.98. The molecule has 0 aromatic heterocycles. The van der Waals surface area contributed by atoms with Crippen LogP contribution in [0.3, 0.4) is 0 Å². The van der Waals surface area contributed by atoms with Crippen molar-refractivity contribution in [1.82, 2.24) is 0 Å². The van der Waals surface area contributed by atoms with Crippen molar-refractivity contribution in [3.8, 4) is 11.1 Å². The van der Waals surface area contributed by atoms with Crippen molar-refractivity contribution in [2.45, 2.75) is 58.6 Å². The number of ether oxygens (including phenoxy) is 1. The second kappa shape index (κ2) is 8.30. The van der Waals surface area contributed by atoms with Crippen LogP contribution in [0.1, 0.15) is 57.6 Å². The van der Waals surface area contributed by atoms with Gasteiger partial charge in [-0.25, -0.2) is 0 Å². The Kier molecular flexibility index (Phi) is 6.38. The molecule has 2 unspecified atom stereocenters. The van der Waals surface area contributed by atoms with Crippen LogP contribution in [0.5, 0.6) is 0 Å². The Morgan fingerprint density at radius 2 is 1.76 bits per heavy atom. The number of esters is 1. The molecule has 3 heteroatoms. The molecule has 2 aromatic rings. The minimum atomic E-state index is -0.928. The molecule has 25 heavy (non-hydrogen) atoms. The maximum atomic E-state index is 12.0. The smallest absolute Gasteiger partial charge is 0.326 e. The predicted molar refractivity (Wildman–Crippen MR) is 103 cm³/mol. The Labute approximate surface area is 151 Å². The van der Waals surface area contributed by atoms with E-state index in [2.05, 4.69) is 50.2 Å². The number of carbonyl (C=O) groups excluding carboxylic acids is 1. The van der Waals surface area contributed by atoms with Gasteiger partial charge in [-0.3, -0.25) is 4.79 Å². The third kappa shape index (κ3) is 4.93. The second-order valence-electron chi connectivity index (χ2n) is 6.98. The highest BCUT2D eigenvalue weighted by atomic mass is 16.5. The lowest BCUT2D eigenvalue weighted by Crippen LogP contribution is -2.45. The van der Waals surface area contributed by atoms with Crippen LogP contribution in [0.4, 0.5) is 0 Å². The quantitative estimate of drug-likeness (QED) is 0.719. The molecule has 0 heterocycles. The SMILES string of the molecule is CCC(C)c1cccc(-c2cccc(COC(=O)C(C)(N)CC)c2)c1. The summed E-state index contributed by atoms with van der Waals surface area (Å²) in [5.41, 5.74) is 9.62. The molecular weight excluding hydrogens is 310 g/mol. The molecule has 0 radical (unpaired) electrons. The summed E-state index contributed by atoms with van der Waals surface area (Å²) in [6, 6.07) is 16.8. The van der Waals surface area contributed by atoms with E-state index in [4.69, 9.17) is 10.5 Å². The van der Waals surface area contributed by atoms with Crippen LogP contribution in [0.15, 0.2) is 48.5 Å². The van der Waals surface area contributed by atoms with E-state index in [0.717, 1.165) is 17.5 Å². The molecule has 3 nitrogen and oxygen atoms in total. The van der Waals surface area contributed by atoms with E-state index in [-0.39, 0.29) is 12.6 Å². The molecule has 0 spiro atoms. The summed E-state index contributed by atoms with van der Waals surface area (Å²) in [7, 11) is 0. The molecule has 0 saturated carbocycles. The standard InChI is InChI=1S/C22H29NO2/c1-5-16(3)18-10-8-12-20(14-18)19-11-7-9-17(13-19)15-25-21(24)22(4,23)6-2/h7-14,16H,5-6,15,23H2,1-4H3. The van der Waals surface area contributed by atoms with Crippen LogP contribution in [-0.4, -0.2) is 11.5 Å². The van der Waals surface area contributed by atoms with Crippen molar-refractivity contribution in [3.63, 3.8) is 0 Å². The van der Waals surface area contributed by atoms with Gasteiger partial charge in [-0.1, -0.05) is 63.2 Å². The Morgan fingerprint density at radius 3 is 2.40 bits per heavy atom. The maximum Gasteiger partial charge on any atom is 0.326 e. The van der Waals surface area contributed by atoms with E-state index < -0.39 is 5.54 Å². The number of hydrogen-bond donors (Lipinski definition) is 1. The Balaban J connectivity index is 2.15. The van der Waals surface area contributed by atoms with Crippen molar-refractivity contribution < 1.29 is 9.53 Å². The Hall–Kier alpha value is -2.13. The van der Waals surface area contributed by atoms with Crippen molar-refractivity contribution in [3.05, 3.63) is 59.7 Å². The average Bonchev–Trinajstić information content (AvgIpc) is 2.65. The largest absolute Gasteiger partial charge is 0.459 e. The summed E-state index contributed by atoms with van der Waals surface area (Å²) in [5, 5.41) is 0. The van der Waals surface area contributed by atoms with E-state index in [1.165, 1.54) is 11.1 Å². The van der Waals surface area contributed by atoms with E-state index in [9.17, 15) is 4.79 Å². The zero-order valence-corrected chi connectivity index (χ0v) is 15.7. The first-order valence-electron chi connectivity index (χ1n) is 9.02. The highest BCUT2D eigenvalue weighted by Crippen LogP contribution is 2.26. The topological polar surface area (TPSA) is 52.3 Å². The van der Waals surface area contributed by atoms with Crippen LogP contribution in [-0.2, 0) is 16.1 Å². The lowest BCUT2D eigenvalue weighted by Gasteiger charge is -2.20. The monoisotopic (exact) mass is 339 g/mol. The van der Waals surface area contributed by atoms with Gasteiger partial charge in [-0.2, -0.15) is 0 Å². The number of rotatable bonds is 7. The zero-order chi connectivity index (χ0) is 18.4. The number of carbonyl (C=O) groups is 1. The third-order valence-corrected chi connectivity index (χ3v) is 4.90. The van der Waals surface area contributed by atoms with E-state index in [1.807, 2.05) is 19.1 Å². The summed E-state index contributed by atoms with van der Waals surface area (Å²) in [6.45, 7) is 8.27. The van der Waals surface area contributed by atoms with Gasteiger partial charge in [0, 0.05) is 0 Å². The number of benzene rings is 2. The van der Waals surface area contributed by atoms with E-state index in [0.29, 0.717) is 12.3 Å². The third-order valence-electron chi connectivity index (χ3n) is 4.90. The highest BCUT2D eigenvalue weighted by Gasteiger charge is 2.27. The molecule has 134 valence electrons. The Bertz CT molecular complexity index is 721. The molecule has 0 bridgehead atoms. The maximum absolute atomic E-state index is 12.0. The molecule has 2 rings (SSSR count). The van der Waals surface area contributed by atoms with Gasteiger partial charge in [0.2, 0.25) is 0 Å². The van der Waals surface area contributed by atoms with Crippen molar-refractivity contribution in [2.75, 3.05) is 0 Å². The van der Waals surface area contributed by atoms with Gasteiger partial charge in [-0.05, 0) is 54.0 Å². The van der Waals surface area contributed by atoms with Gasteiger partial charge in [0.1, 0.15) is 12.1 Å². The molecule has 0 aliphatic rings. The first-order valence-corrected chi connectivity index (χ1v) is 9.02. The molecule has 2 aromatic carbocycles. The lowest BCUT2D eigenvalue weighted by atomic mass is 9.94. The van der Waals surface area contributed by atoms with Crippen LogP contribution >= 0.6 is 0 Å². The normalized spacial score (nSPS) is 14.6. The predicted octanol–water partition coefficient (Wildman–Crippen LogP) is 5.04. The molecule has 0 aliphatic carbocycles. The van der Waals surface area contributed by atoms with E-state index in [1.54, 1.807) is 6.92 Å². The van der Waals surface area contributed by atoms with Crippen molar-refractivity contribution in [1.29, 1.82) is 0 Å². The molecule has 0 amide bonds. The van der Waals surface area contributed by atoms with Crippen LogP contribution in [0.2, 0.25) is 0 Å². The molecule has 2 N–H and O–H groups in total. The Morgan fingerprint density at radius 1 is 1.12 bits per heavy atom. The average molecular weight is 339 g/mol.